The number of nitrogens with zero attached hydrogens (tertiary/aromatic N) is 4. The van der Waals surface area contributed by atoms with Crippen molar-refractivity contribution in [1.82, 2.24) is 14.9 Å². The minimum Gasteiger partial charge on any atom is -0.497 e. The predicted octanol–water partition coefficient (Wildman–Crippen LogP) is 3.66. The summed E-state index contributed by atoms with van der Waals surface area (Å²) in [4.78, 5) is 14.0. The van der Waals surface area contributed by atoms with Gasteiger partial charge in [-0.25, -0.2) is 4.98 Å². The van der Waals surface area contributed by atoms with Crippen LogP contribution < -0.4 is 14.4 Å². The molecule has 1 aromatic heterocycles. The van der Waals surface area contributed by atoms with Crippen molar-refractivity contribution in [3.05, 3.63) is 66.4 Å². The molecule has 0 unspecified atom stereocenters. The van der Waals surface area contributed by atoms with Gasteiger partial charge in [-0.2, -0.15) is 4.98 Å². The lowest BCUT2D eigenvalue weighted by molar-refractivity contribution is 0.197. The third-order valence-electron chi connectivity index (χ3n) is 5.33. The van der Waals surface area contributed by atoms with E-state index in [4.69, 9.17) is 9.47 Å². The van der Waals surface area contributed by atoms with Gasteiger partial charge in [0.25, 0.3) is 0 Å². The highest BCUT2D eigenvalue weighted by Gasteiger charge is 2.17. The van der Waals surface area contributed by atoms with Crippen molar-refractivity contribution in [3.8, 4) is 23.0 Å². The minimum absolute atomic E-state index is 0.618. The number of methoxy groups -OCH3 is 1. The van der Waals surface area contributed by atoms with Crippen molar-refractivity contribution in [2.24, 2.45) is 0 Å². The van der Waals surface area contributed by atoms with E-state index in [-0.39, 0.29) is 0 Å². The quantitative estimate of drug-likeness (QED) is 0.599. The number of aromatic nitrogens is 2. The van der Waals surface area contributed by atoms with Crippen molar-refractivity contribution >= 4 is 5.69 Å². The van der Waals surface area contributed by atoms with Gasteiger partial charge in [0.2, 0.25) is 5.88 Å². The van der Waals surface area contributed by atoms with E-state index in [0.717, 1.165) is 49.7 Å². The van der Waals surface area contributed by atoms with E-state index in [1.807, 2.05) is 55.5 Å². The summed E-state index contributed by atoms with van der Waals surface area (Å²) in [7, 11) is 1.70. The molecule has 30 heavy (non-hydrogen) atoms. The monoisotopic (exact) mass is 404 g/mol. The largest absolute Gasteiger partial charge is 0.497 e. The first-order valence-corrected chi connectivity index (χ1v) is 10.4. The summed E-state index contributed by atoms with van der Waals surface area (Å²) in [5.41, 5.74) is 3.16. The highest BCUT2D eigenvalue weighted by molar-refractivity contribution is 5.55. The van der Waals surface area contributed by atoms with Crippen LogP contribution in [0.2, 0.25) is 0 Å². The number of anilines is 1. The molecule has 0 radical (unpaired) electrons. The Morgan fingerprint density at radius 3 is 2.33 bits per heavy atom. The Hall–Kier alpha value is -3.12. The fourth-order valence-electron chi connectivity index (χ4n) is 3.63. The maximum Gasteiger partial charge on any atom is 0.217 e. The summed E-state index contributed by atoms with van der Waals surface area (Å²) in [6.07, 6.45) is 0. The summed E-state index contributed by atoms with van der Waals surface area (Å²) in [5.74, 6) is 2.24. The van der Waals surface area contributed by atoms with Crippen molar-refractivity contribution in [1.29, 1.82) is 0 Å². The van der Waals surface area contributed by atoms with Crippen LogP contribution >= 0.6 is 0 Å². The molecule has 0 spiro atoms. The van der Waals surface area contributed by atoms with Crippen molar-refractivity contribution in [2.45, 2.75) is 6.92 Å². The van der Waals surface area contributed by atoms with E-state index in [1.54, 1.807) is 7.11 Å². The second-order valence-corrected chi connectivity index (χ2v) is 7.41. The van der Waals surface area contributed by atoms with Gasteiger partial charge in [-0.05, 0) is 31.2 Å². The smallest absolute Gasteiger partial charge is 0.217 e. The van der Waals surface area contributed by atoms with E-state index >= 15 is 0 Å². The molecule has 2 aromatic carbocycles. The highest BCUT2D eigenvalue weighted by atomic mass is 16.5. The van der Waals surface area contributed by atoms with Gasteiger partial charge in [0.15, 0.2) is 5.82 Å². The molecule has 1 aliphatic rings. The van der Waals surface area contributed by atoms with Crippen LogP contribution in [0.15, 0.2) is 60.7 Å². The second kappa shape index (κ2) is 9.59. The Morgan fingerprint density at radius 1 is 0.900 bits per heavy atom. The normalized spacial score (nSPS) is 14.5. The standard InChI is InChI=1S/C24H28N4O2/c1-19-18-23(26-24(25-19)20-6-4-3-5-7-20)30-17-16-27-12-14-28(15-13-27)21-8-10-22(29-2)11-9-21/h3-11,18H,12-17H2,1-2H3. The molecule has 0 atom stereocenters. The highest BCUT2D eigenvalue weighted by Crippen LogP contribution is 2.21. The lowest BCUT2D eigenvalue weighted by atomic mass is 10.2. The third kappa shape index (κ3) is 5.07. The summed E-state index contributed by atoms with van der Waals surface area (Å²) >= 11 is 0. The Bertz CT molecular complexity index is 939. The Balaban J connectivity index is 1.27. The topological polar surface area (TPSA) is 50.7 Å². The third-order valence-corrected chi connectivity index (χ3v) is 5.33. The summed E-state index contributed by atoms with van der Waals surface area (Å²) in [5, 5.41) is 0. The molecule has 1 aliphatic heterocycles. The van der Waals surface area contributed by atoms with Crippen LogP contribution in [-0.4, -0.2) is 61.3 Å². The Labute approximate surface area is 178 Å². The van der Waals surface area contributed by atoms with Gasteiger partial charge in [-0.3, -0.25) is 4.90 Å². The molecular formula is C24H28N4O2. The predicted molar refractivity (Wildman–Crippen MR) is 119 cm³/mol. The first-order chi connectivity index (χ1) is 14.7. The molecule has 3 aromatic rings. The molecule has 1 saturated heterocycles. The fourth-order valence-corrected chi connectivity index (χ4v) is 3.63. The van der Waals surface area contributed by atoms with Crippen LogP contribution in [0, 0.1) is 6.92 Å². The van der Waals surface area contributed by atoms with Crippen LogP contribution in [0.1, 0.15) is 5.69 Å². The average molecular weight is 405 g/mol. The van der Waals surface area contributed by atoms with E-state index < -0.39 is 0 Å². The van der Waals surface area contributed by atoms with E-state index in [9.17, 15) is 0 Å². The van der Waals surface area contributed by atoms with Crippen LogP contribution in [0.25, 0.3) is 11.4 Å². The summed E-state index contributed by atoms with van der Waals surface area (Å²) in [6.45, 7) is 7.54. The fraction of sp³-hybridized carbons (Fsp3) is 0.333. The molecule has 0 amide bonds. The maximum atomic E-state index is 5.97. The average Bonchev–Trinajstić information content (AvgIpc) is 2.80. The van der Waals surface area contributed by atoms with Gasteiger partial charge in [0.1, 0.15) is 12.4 Å². The van der Waals surface area contributed by atoms with Gasteiger partial charge >= 0.3 is 0 Å². The van der Waals surface area contributed by atoms with E-state index in [1.165, 1.54) is 5.69 Å². The molecule has 2 heterocycles. The lowest BCUT2D eigenvalue weighted by Gasteiger charge is -2.36. The first-order valence-electron chi connectivity index (χ1n) is 10.4. The minimum atomic E-state index is 0.618. The zero-order chi connectivity index (χ0) is 20.8. The number of ether oxygens (including phenoxy) is 2. The molecule has 0 N–H and O–H groups in total. The molecule has 4 rings (SSSR count). The van der Waals surface area contributed by atoms with Crippen molar-refractivity contribution < 1.29 is 9.47 Å². The molecule has 0 saturated carbocycles. The zero-order valence-corrected chi connectivity index (χ0v) is 17.6. The number of benzene rings is 2. The Morgan fingerprint density at radius 2 is 1.63 bits per heavy atom. The first kappa shape index (κ1) is 20.2. The zero-order valence-electron chi connectivity index (χ0n) is 17.6. The van der Waals surface area contributed by atoms with Gasteiger partial charge in [0, 0.05) is 55.7 Å². The van der Waals surface area contributed by atoms with Gasteiger partial charge in [-0.1, -0.05) is 30.3 Å². The lowest BCUT2D eigenvalue weighted by Crippen LogP contribution is -2.47. The second-order valence-electron chi connectivity index (χ2n) is 7.41. The molecular weight excluding hydrogens is 376 g/mol. The maximum absolute atomic E-state index is 5.97. The van der Waals surface area contributed by atoms with Crippen molar-refractivity contribution in [3.63, 3.8) is 0 Å². The van der Waals surface area contributed by atoms with E-state index in [2.05, 4.69) is 31.9 Å². The van der Waals surface area contributed by atoms with Gasteiger partial charge in [-0.15, -0.1) is 0 Å². The van der Waals surface area contributed by atoms with Crippen LogP contribution in [0.5, 0.6) is 11.6 Å². The number of hydrogen-bond donors (Lipinski definition) is 0. The summed E-state index contributed by atoms with van der Waals surface area (Å²) in [6, 6.07) is 20.2. The molecule has 0 aliphatic carbocycles. The molecule has 156 valence electrons. The molecule has 6 heteroatoms. The number of aryl methyl sites for hydroxylation is 1. The number of hydrogen-bond acceptors (Lipinski definition) is 6. The summed E-state index contributed by atoms with van der Waals surface area (Å²) < 4.78 is 11.2. The van der Waals surface area contributed by atoms with E-state index in [0.29, 0.717) is 18.3 Å². The van der Waals surface area contributed by atoms with Crippen LogP contribution in [0.3, 0.4) is 0 Å². The number of piperazine rings is 1. The van der Waals surface area contributed by atoms with Crippen molar-refractivity contribution in [2.75, 3.05) is 51.3 Å². The Kier molecular flexibility index (Phi) is 6.44. The molecule has 0 bridgehead atoms. The van der Waals surface area contributed by atoms with Gasteiger partial charge < -0.3 is 14.4 Å². The molecule has 6 nitrogen and oxygen atoms in total. The van der Waals surface area contributed by atoms with Gasteiger partial charge in [0.05, 0.1) is 7.11 Å². The van der Waals surface area contributed by atoms with Crippen LogP contribution in [0.4, 0.5) is 5.69 Å². The molecule has 1 fully saturated rings. The van der Waals surface area contributed by atoms with Crippen LogP contribution in [-0.2, 0) is 0 Å². The number of rotatable bonds is 7. The SMILES string of the molecule is COc1ccc(N2CCN(CCOc3cc(C)nc(-c4ccccc4)n3)CC2)cc1.